The Morgan fingerprint density at radius 1 is 0.440 bits per heavy atom. The molecule has 0 amide bonds. The summed E-state index contributed by atoms with van der Waals surface area (Å²) in [6.45, 7) is 0. The van der Waals surface area contributed by atoms with Crippen molar-refractivity contribution in [3.05, 3.63) is 0 Å². The number of rotatable bonds is 0. The summed E-state index contributed by atoms with van der Waals surface area (Å²) in [4.78, 5) is 0. The van der Waals surface area contributed by atoms with Gasteiger partial charge in [-0.3, -0.25) is 0 Å². The van der Waals surface area contributed by atoms with Crippen LogP contribution in [0.5, 0.6) is 0 Å². The minimum Gasteiger partial charge on any atom is -0.735 e. The van der Waals surface area contributed by atoms with Crippen molar-refractivity contribution in [1.82, 2.24) is 0 Å². The van der Waals surface area contributed by atoms with Crippen molar-refractivity contribution in [3.63, 3.8) is 0 Å². The van der Waals surface area contributed by atoms with Crippen LogP contribution in [0.15, 0.2) is 0 Å². The molecule has 25 heteroatoms. The quantitative estimate of drug-likeness (QED) is 0.143. The fourth-order valence-electron chi connectivity index (χ4n) is 0. The van der Waals surface area contributed by atoms with Crippen LogP contribution in [0.4, 0.5) is 0 Å². The summed E-state index contributed by atoms with van der Waals surface area (Å²) in [5, 5.41) is 0. The molecule has 0 aliphatic carbocycles. The van der Waals surface area contributed by atoms with Crippen LogP contribution in [0.3, 0.4) is 0 Å². The minimum absolute atomic E-state index is 0. The molecule has 24 N–H and O–H groups in total. The second kappa shape index (κ2) is 84.2. The van der Waals surface area contributed by atoms with Gasteiger partial charge in [-0.15, -0.1) is 0 Å². The Morgan fingerprint density at radius 3 is 0.440 bits per heavy atom. The van der Waals surface area contributed by atoms with Crippen LogP contribution >= 0.6 is 21.4 Å². The Kier molecular flexibility index (Phi) is 649. The number of halogens is 2. The zero-order valence-corrected chi connectivity index (χ0v) is 17.1. The summed E-state index contributed by atoms with van der Waals surface area (Å²) < 4.78 is 53.1. The van der Waals surface area contributed by atoms with Crippen LogP contribution in [0.2, 0.25) is 0 Å². The van der Waals surface area contributed by atoms with Gasteiger partial charge >= 0.3 is 16.5 Å². The third kappa shape index (κ3) is 7090. The molecule has 0 spiro atoms. The first-order chi connectivity index (χ1) is 4.00. The largest absolute Gasteiger partial charge is 2.00 e. The molecule has 18 nitrogen and oxygen atoms in total. The van der Waals surface area contributed by atoms with Gasteiger partial charge in [0.1, 0.15) is 0 Å². The van der Waals surface area contributed by atoms with E-state index in [-0.39, 0.29) is 115 Å². The molecule has 25 heavy (non-hydrogen) atoms. The molecule has 0 aromatic heterocycles. The molecule has 0 fully saturated rings. The van der Waals surface area contributed by atoms with E-state index in [0.29, 0.717) is 0 Å². The SMILES string of the molecule is O.O.O.O.O.O.O.O.O.O.O.O.O=S(=O)([O-])Cl.O=S(=O)([O-])Cl.[Ni+2].[Ni].[Ni]. The summed E-state index contributed by atoms with van der Waals surface area (Å²) >= 11 is 0. The smallest absolute Gasteiger partial charge is 0.735 e. The Balaban J connectivity index is -0.00000000213. The van der Waals surface area contributed by atoms with Crippen LogP contribution in [-0.4, -0.2) is 91.7 Å². The first-order valence-electron chi connectivity index (χ1n) is 1.31. The van der Waals surface area contributed by atoms with Gasteiger partial charge in [0.25, 0.3) is 0 Å². The van der Waals surface area contributed by atoms with Crippen LogP contribution < -0.4 is 0 Å². The van der Waals surface area contributed by atoms with Gasteiger partial charge in [0.05, 0.1) is 0 Å². The van der Waals surface area contributed by atoms with Crippen LogP contribution in [0.1, 0.15) is 0 Å². The number of hydrogen-bond acceptors (Lipinski definition) is 6. The van der Waals surface area contributed by atoms with E-state index in [1.54, 1.807) is 0 Å². The van der Waals surface area contributed by atoms with Gasteiger partial charge in [0.2, 0.25) is 0 Å². The van der Waals surface area contributed by atoms with Crippen molar-refractivity contribution in [2.75, 3.05) is 0 Å². The maximum atomic E-state index is 8.84. The summed E-state index contributed by atoms with van der Waals surface area (Å²) in [5.41, 5.74) is 0. The molecule has 0 saturated heterocycles. The fourth-order valence-corrected chi connectivity index (χ4v) is 0. The van der Waals surface area contributed by atoms with Crippen LogP contribution in [-0.2, 0) is 68.1 Å². The Bertz CT molecular complexity index is 229. The molecule has 0 aliphatic rings. The molecule has 0 aliphatic heterocycles. The molecular weight excluding hydrogens is 599 g/mol. The summed E-state index contributed by atoms with van der Waals surface area (Å²) in [6.07, 6.45) is 0. The van der Waals surface area contributed by atoms with E-state index in [0.717, 1.165) is 0 Å². The summed E-state index contributed by atoms with van der Waals surface area (Å²) in [5.74, 6) is 0. The van der Waals surface area contributed by atoms with Gasteiger partial charge in [0.15, 0.2) is 18.7 Å². The second-order valence-electron chi connectivity index (χ2n) is 0.786. The van der Waals surface area contributed by atoms with E-state index in [9.17, 15) is 0 Å². The van der Waals surface area contributed by atoms with E-state index in [4.69, 9.17) is 25.9 Å². The maximum absolute atomic E-state index is 8.84. The van der Waals surface area contributed by atoms with E-state index in [2.05, 4.69) is 21.4 Å². The predicted octanol–water partition coefficient (Wildman–Crippen LogP) is -10.5. The van der Waals surface area contributed by atoms with Crippen LogP contribution in [0, 0.1) is 0 Å². The fraction of sp³-hybridized carbons (Fsp3) is 0. The van der Waals surface area contributed by atoms with Gasteiger partial charge in [-0.1, -0.05) is 0 Å². The average Bonchev–Trinajstić information content (AvgIpc) is 1.12. The summed E-state index contributed by atoms with van der Waals surface area (Å²) in [6, 6.07) is 0. The van der Waals surface area contributed by atoms with Gasteiger partial charge in [-0.25, -0.2) is 16.8 Å². The molecule has 0 saturated carbocycles. The molecule has 0 aromatic carbocycles. The zero-order chi connectivity index (χ0) is 9.00. The third-order valence-electron chi connectivity index (χ3n) is 0. The molecule has 0 aromatic rings. The maximum Gasteiger partial charge on any atom is 2.00 e. The van der Waals surface area contributed by atoms with Gasteiger partial charge in [-0.2, -0.15) is 0 Å². The molecular formula is H24Cl2Ni3O18S2. The zero-order valence-electron chi connectivity index (χ0n) is 11.0. The predicted molar refractivity (Wildman–Crippen MR) is 74.5 cm³/mol. The first-order valence-corrected chi connectivity index (χ1v) is 5.78. The van der Waals surface area contributed by atoms with Crippen molar-refractivity contribution in [2.24, 2.45) is 0 Å². The molecule has 0 bridgehead atoms. The van der Waals surface area contributed by atoms with E-state index in [1.807, 2.05) is 0 Å². The first kappa shape index (κ1) is 193. The Labute approximate surface area is 180 Å². The Hall–Kier alpha value is 1.40. The van der Waals surface area contributed by atoms with Crippen molar-refractivity contribution in [2.45, 2.75) is 0 Å². The Morgan fingerprint density at radius 2 is 0.440 bits per heavy atom. The minimum atomic E-state index is -4.44. The van der Waals surface area contributed by atoms with Gasteiger partial charge in [0, 0.05) is 54.3 Å². The number of hydrogen-bond donors (Lipinski definition) is 0. The van der Waals surface area contributed by atoms with Crippen molar-refractivity contribution in [1.29, 1.82) is 0 Å². The van der Waals surface area contributed by atoms with Gasteiger partial charge < -0.3 is 74.8 Å². The van der Waals surface area contributed by atoms with Crippen LogP contribution in [0.25, 0.3) is 0 Å². The van der Waals surface area contributed by atoms with E-state index < -0.39 is 18.7 Å². The molecule has 0 atom stereocenters. The summed E-state index contributed by atoms with van der Waals surface area (Å²) in [7, 11) is -0.995. The van der Waals surface area contributed by atoms with Crippen molar-refractivity contribution in [3.8, 4) is 0 Å². The standard InChI is InChI=1S/2ClHO3S.3Ni.12H2O/c2*1-5(2,3)4;;;;;;;;;;;;;;;/h2*(H,2,3,4);;;;12*1H2/q;;;;+2;;;;;;;;;;;;/p-2. The molecule has 188 valence electrons. The third-order valence-corrected chi connectivity index (χ3v) is 0. The monoisotopic (exact) mass is 620 g/mol. The normalized spacial score (nSPS) is 4.64. The van der Waals surface area contributed by atoms with Gasteiger partial charge in [-0.05, 0) is 0 Å². The molecule has 0 heterocycles. The second-order valence-corrected chi connectivity index (χ2v) is 4.63. The molecule has 0 unspecified atom stereocenters. The van der Waals surface area contributed by atoms with Crippen molar-refractivity contribution < 1.29 is 141 Å². The van der Waals surface area contributed by atoms with E-state index in [1.165, 1.54) is 0 Å². The molecule has 0 rings (SSSR count). The molecule has 0 radical (unpaired) electrons. The van der Waals surface area contributed by atoms with Crippen molar-refractivity contribution >= 4 is 40.0 Å². The average molecular weight is 623 g/mol. The van der Waals surface area contributed by atoms with E-state index >= 15 is 0 Å². The topological polar surface area (TPSA) is 492 Å².